The molecule has 2 aliphatic rings. The minimum Gasteiger partial charge on any atom is -0.351 e. The molecule has 0 fully saturated rings. The number of benzene rings is 2. The van der Waals surface area contributed by atoms with Gasteiger partial charge in [-0.15, -0.1) is 0 Å². The van der Waals surface area contributed by atoms with Crippen LogP contribution in [0.2, 0.25) is 0 Å². The normalized spacial score (nSPS) is 25.9. The van der Waals surface area contributed by atoms with Gasteiger partial charge in [-0.25, -0.2) is 0 Å². The minimum absolute atomic E-state index is 0.218. The van der Waals surface area contributed by atoms with Gasteiger partial charge >= 0.3 is 0 Å². The Morgan fingerprint density at radius 1 is 0.850 bits per heavy atom. The van der Waals surface area contributed by atoms with Gasteiger partial charge in [0.2, 0.25) is 0 Å². The van der Waals surface area contributed by atoms with Crippen LogP contribution < -0.4 is 0 Å². The standard InChI is InChI=1S/C19H18O/c1-13-17-15-11-7-8-12-16(15)19(17,20-18(13,2)3)14-9-5-4-6-10-14/h4-12H,1-3H3. The van der Waals surface area contributed by atoms with Crippen molar-refractivity contribution in [2.24, 2.45) is 0 Å². The van der Waals surface area contributed by atoms with Crippen LogP contribution in [0.25, 0.3) is 5.57 Å². The van der Waals surface area contributed by atoms with Gasteiger partial charge in [-0.05, 0) is 37.5 Å². The summed E-state index contributed by atoms with van der Waals surface area (Å²) in [6.45, 7) is 6.54. The van der Waals surface area contributed by atoms with Gasteiger partial charge in [-0.2, -0.15) is 0 Å². The summed E-state index contributed by atoms with van der Waals surface area (Å²) in [5.41, 5.74) is 6.02. The highest BCUT2D eigenvalue weighted by Crippen LogP contribution is 2.64. The van der Waals surface area contributed by atoms with Gasteiger partial charge in [-0.3, -0.25) is 0 Å². The van der Waals surface area contributed by atoms with E-state index in [1.807, 2.05) is 0 Å². The van der Waals surface area contributed by atoms with E-state index in [4.69, 9.17) is 4.74 Å². The fraction of sp³-hybridized carbons (Fsp3) is 0.263. The Kier molecular flexibility index (Phi) is 2.16. The molecule has 1 heterocycles. The van der Waals surface area contributed by atoms with Gasteiger partial charge < -0.3 is 4.74 Å². The van der Waals surface area contributed by atoms with Crippen LogP contribution in [-0.2, 0) is 10.3 Å². The van der Waals surface area contributed by atoms with Crippen LogP contribution >= 0.6 is 0 Å². The van der Waals surface area contributed by atoms with E-state index in [9.17, 15) is 0 Å². The van der Waals surface area contributed by atoms with Gasteiger partial charge in [-0.1, -0.05) is 54.6 Å². The molecular weight excluding hydrogens is 244 g/mol. The third-order valence-electron chi connectivity index (χ3n) is 4.79. The van der Waals surface area contributed by atoms with Crippen molar-refractivity contribution in [2.75, 3.05) is 0 Å². The molecule has 0 spiro atoms. The lowest BCUT2D eigenvalue weighted by atomic mass is 9.64. The summed E-state index contributed by atoms with van der Waals surface area (Å²) in [5, 5.41) is 0. The van der Waals surface area contributed by atoms with Crippen LogP contribution in [0.1, 0.15) is 37.5 Å². The van der Waals surface area contributed by atoms with E-state index >= 15 is 0 Å². The Balaban J connectivity index is 2.04. The van der Waals surface area contributed by atoms with E-state index in [2.05, 4.69) is 75.4 Å². The number of hydrogen-bond donors (Lipinski definition) is 0. The lowest BCUT2D eigenvalue weighted by Crippen LogP contribution is -2.40. The Morgan fingerprint density at radius 3 is 2.25 bits per heavy atom. The molecule has 0 aromatic heterocycles. The van der Waals surface area contributed by atoms with E-state index in [0.29, 0.717) is 0 Å². The zero-order valence-corrected chi connectivity index (χ0v) is 12.1. The van der Waals surface area contributed by atoms with Crippen LogP contribution in [-0.4, -0.2) is 5.60 Å². The molecule has 20 heavy (non-hydrogen) atoms. The van der Waals surface area contributed by atoms with Gasteiger partial charge in [0.1, 0.15) is 5.60 Å². The Hall–Kier alpha value is -1.86. The lowest BCUT2D eigenvalue weighted by molar-refractivity contribution is -0.0558. The van der Waals surface area contributed by atoms with Crippen molar-refractivity contribution in [3.05, 3.63) is 76.9 Å². The van der Waals surface area contributed by atoms with Crippen LogP contribution in [0.5, 0.6) is 0 Å². The van der Waals surface area contributed by atoms with Crippen molar-refractivity contribution >= 4 is 5.57 Å². The molecule has 1 aliphatic carbocycles. The first-order valence-electron chi connectivity index (χ1n) is 7.15. The van der Waals surface area contributed by atoms with Gasteiger partial charge in [0.05, 0.1) is 5.60 Å². The van der Waals surface area contributed by atoms with Crippen LogP contribution in [0.4, 0.5) is 0 Å². The fourth-order valence-electron chi connectivity index (χ4n) is 3.63. The van der Waals surface area contributed by atoms with Crippen molar-refractivity contribution in [2.45, 2.75) is 32.0 Å². The first-order chi connectivity index (χ1) is 9.57. The monoisotopic (exact) mass is 262 g/mol. The van der Waals surface area contributed by atoms with Gasteiger partial charge in [0, 0.05) is 11.1 Å². The molecule has 0 bridgehead atoms. The van der Waals surface area contributed by atoms with E-state index in [1.54, 1.807) is 0 Å². The van der Waals surface area contributed by atoms with Crippen molar-refractivity contribution < 1.29 is 4.74 Å². The smallest absolute Gasteiger partial charge is 0.146 e. The third-order valence-corrected chi connectivity index (χ3v) is 4.79. The number of fused-ring (bicyclic) bond motifs is 4. The first kappa shape index (κ1) is 11.9. The second-order valence-corrected chi connectivity index (χ2v) is 6.21. The molecule has 0 saturated carbocycles. The summed E-state index contributed by atoms with van der Waals surface area (Å²) in [7, 11) is 0. The zero-order chi connectivity index (χ0) is 14.0. The SMILES string of the molecule is CC1=C2c3ccccc3C2(c2ccccc2)OC1(C)C. The second-order valence-electron chi connectivity index (χ2n) is 6.21. The maximum atomic E-state index is 6.59. The number of hydrogen-bond acceptors (Lipinski definition) is 1. The van der Waals surface area contributed by atoms with E-state index in [0.717, 1.165) is 0 Å². The first-order valence-corrected chi connectivity index (χ1v) is 7.15. The summed E-state index contributed by atoms with van der Waals surface area (Å²) >= 11 is 0. The summed E-state index contributed by atoms with van der Waals surface area (Å²) in [5.74, 6) is 0. The molecule has 1 heteroatoms. The molecule has 1 atom stereocenters. The maximum Gasteiger partial charge on any atom is 0.146 e. The number of ether oxygens (including phenoxy) is 1. The summed E-state index contributed by atoms with van der Waals surface area (Å²) in [4.78, 5) is 0. The molecule has 2 aromatic carbocycles. The quantitative estimate of drug-likeness (QED) is 0.734. The highest BCUT2D eigenvalue weighted by molar-refractivity contribution is 5.93. The van der Waals surface area contributed by atoms with Gasteiger partial charge in [0.15, 0.2) is 0 Å². The lowest BCUT2D eigenvalue weighted by Gasteiger charge is -2.44. The van der Waals surface area contributed by atoms with Crippen molar-refractivity contribution in [3.8, 4) is 0 Å². The third kappa shape index (κ3) is 1.22. The van der Waals surface area contributed by atoms with Crippen LogP contribution in [0.3, 0.4) is 0 Å². The topological polar surface area (TPSA) is 9.23 Å². The zero-order valence-electron chi connectivity index (χ0n) is 12.1. The highest BCUT2D eigenvalue weighted by Gasteiger charge is 2.58. The Morgan fingerprint density at radius 2 is 1.50 bits per heavy atom. The largest absolute Gasteiger partial charge is 0.351 e. The molecule has 4 rings (SSSR count). The second kappa shape index (κ2) is 3.62. The molecule has 1 aliphatic heterocycles. The van der Waals surface area contributed by atoms with Crippen molar-refractivity contribution in [1.82, 2.24) is 0 Å². The predicted molar refractivity (Wildman–Crippen MR) is 81.4 cm³/mol. The molecule has 1 unspecified atom stereocenters. The molecular formula is C19H18O. The van der Waals surface area contributed by atoms with E-state index < -0.39 is 0 Å². The Bertz CT molecular complexity index is 724. The van der Waals surface area contributed by atoms with E-state index in [-0.39, 0.29) is 11.2 Å². The molecule has 0 radical (unpaired) electrons. The van der Waals surface area contributed by atoms with Gasteiger partial charge in [0.25, 0.3) is 0 Å². The average molecular weight is 262 g/mol. The van der Waals surface area contributed by atoms with E-state index in [1.165, 1.54) is 27.8 Å². The Labute approximate surface area is 119 Å². The molecule has 0 amide bonds. The molecule has 100 valence electrons. The molecule has 2 aromatic rings. The fourth-order valence-corrected chi connectivity index (χ4v) is 3.63. The van der Waals surface area contributed by atoms with Crippen LogP contribution in [0.15, 0.2) is 60.2 Å². The molecule has 0 N–H and O–H groups in total. The van der Waals surface area contributed by atoms with Crippen molar-refractivity contribution in [1.29, 1.82) is 0 Å². The summed E-state index contributed by atoms with van der Waals surface area (Å²) in [6.07, 6.45) is 0. The minimum atomic E-state index is -0.356. The molecule has 1 nitrogen and oxygen atoms in total. The summed E-state index contributed by atoms with van der Waals surface area (Å²) in [6, 6.07) is 19.2. The maximum absolute atomic E-state index is 6.59. The summed E-state index contributed by atoms with van der Waals surface area (Å²) < 4.78 is 6.59. The highest BCUT2D eigenvalue weighted by atomic mass is 16.5. The predicted octanol–water partition coefficient (Wildman–Crippen LogP) is 4.53. The van der Waals surface area contributed by atoms with Crippen LogP contribution in [0, 0.1) is 0 Å². The van der Waals surface area contributed by atoms with Crippen molar-refractivity contribution in [3.63, 3.8) is 0 Å². The molecule has 0 saturated heterocycles. The number of rotatable bonds is 1. The average Bonchev–Trinajstić information content (AvgIpc) is 2.63.